The van der Waals surface area contributed by atoms with Gasteiger partial charge in [-0.3, -0.25) is 14.7 Å². The molecular weight excluding hydrogens is 502 g/mol. The molecule has 7 heteroatoms. The molecule has 2 aliphatic rings. The summed E-state index contributed by atoms with van der Waals surface area (Å²) in [4.78, 5) is 34.8. The predicted octanol–water partition coefficient (Wildman–Crippen LogP) is 6.42. The maximum atomic E-state index is 13.4. The van der Waals surface area contributed by atoms with E-state index in [1.54, 1.807) is 24.5 Å². The Morgan fingerprint density at radius 1 is 0.875 bits per heavy atom. The van der Waals surface area contributed by atoms with Gasteiger partial charge in [-0.25, -0.2) is 4.79 Å². The van der Waals surface area contributed by atoms with Crippen molar-refractivity contribution in [2.24, 2.45) is 0 Å². The second-order valence-corrected chi connectivity index (χ2v) is 10.5. The summed E-state index contributed by atoms with van der Waals surface area (Å²) in [5.41, 5.74) is 1.07. The number of benzene rings is 3. The minimum atomic E-state index is -0.766. The van der Waals surface area contributed by atoms with Gasteiger partial charge in [-0.2, -0.15) is 0 Å². The fourth-order valence-corrected chi connectivity index (χ4v) is 5.96. The van der Waals surface area contributed by atoms with E-state index in [-0.39, 0.29) is 12.0 Å². The first-order valence-electron chi connectivity index (χ1n) is 13.6. The van der Waals surface area contributed by atoms with Gasteiger partial charge in [-0.1, -0.05) is 54.6 Å². The Balaban J connectivity index is 1.21. The highest BCUT2D eigenvalue weighted by atomic mass is 16.6. The lowest BCUT2D eigenvalue weighted by atomic mass is 9.70. The molecule has 6 rings (SSSR count). The highest BCUT2D eigenvalue weighted by molar-refractivity contribution is 5.94. The predicted molar refractivity (Wildman–Crippen MR) is 151 cm³/mol. The zero-order chi connectivity index (χ0) is 27.6. The maximum Gasteiger partial charge on any atom is 0.411 e. The molecule has 40 heavy (non-hydrogen) atoms. The summed E-state index contributed by atoms with van der Waals surface area (Å²) in [6, 6.07) is 30.7. The summed E-state index contributed by atoms with van der Waals surface area (Å²) in [5.74, 6) is 1.37. The van der Waals surface area contributed by atoms with Gasteiger partial charge < -0.3 is 14.4 Å². The Morgan fingerprint density at radius 2 is 1.52 bits per heavy atom. The topological polar surface area (TPSA) is 72.0 Å². The number of carbonyl (C=O) groups is 2. The van der Waals surface area contributed by atoms with Crippen LogP contribution in [-0.4, -0.2) is 45.5 Å². The molecule has 1 atom stereocenters. The van der Waals surface area contributed by atoms with E-state index in [4.69, 9.17) is 9.47 Å². The number of ether oxygens (including phenoxy) is 2. The Bertz CT molecular complexity index is 1470. The standard InChI is InChI=1S/C33H31N3O4/c1-32(27-10-4-2-5-11-27)33(40-31(38)36(32)24-25-9-8-20-34-23-25)18-21-35(22-19-33)30(37)26-14-16-29(17-15-26)39-28-12-6-3-7-13-28/h2-17,20,23H,18-19,21-22,24H2,1H3. The van der Waals surface area contributed by atoms with Gasteiger partial charge in [0.1, 0.15) is 22.6 Å². The Hall–Kier alpha value is -4.65. The van der Waals surface area contributed by atoms with Crippen molar-refractivity contribution >= 4 is 12.0 Å². The number of nitrogens with zero attached hydrogens (tertiary/aromatic N) is 3. The lowest BCUT2D eigenvalue weighted by Crippen LogP contribution is -2.58. The molecule has 2 aliphatic heterocycles. The van der Waals surface area contributed by atoms with Crippen molar-refractivity contribution in [1.82, 2.24) is 14.8 Å². The zero-order valence-electron chi connectivity index (χ0n) is 22.4. The average molecular weight is 534 g/mol. The molecule has 0 bridgehead atoms. The van der Waals surface area contributed by atoms with Gasteiger partial charge in [-0.05, 0) is 60.5 Å². The fourth-order valence-electron chi connectivity index (χ4n) is 5.96. The van der Waals surface area contributed by atoms with Crippen LogP contribution in [-0.2, 0) is 16.8 Å². The quantitative estimate of drug-likeness (QED) is 0.286. The number of carbonyl (C=O) groups excluding carboxylic acids is 2. The number of likely N-dealkylation sites (tertiary alicyclic amines) is 1. The van der Waals surface area contributed by atoms with E-state index in [9.17, 15) is 9.59 Å². The summed E-state index contributed by atoms with van der Waals surface area (Å²) < 4.78 is 12.1. The lowest BCUT2D eigenvalue weighted by Gasteiger charge is -2.48. The minimum Gasteiger partial charge on any atom is -0.457 e. The van der Waals surface area contributed by atoms with Crippen molar-refractivity contribution in [2.75, 3.05) is 13.1 Å². The molecule has 1 aromatic heterocycles. The van der Waals surface area contributed by atoms with E-state index in [1.807, 2.05) is 82.6 Å². The Labute approximate surface area is 234 Å². The van der Waals surface area contributed by atoms with Crippen molar-refractivity contribution in [3.8, 4) is 11.5 Å². The largest absolute Gasteiger partial charge is 0.457 e. The van der Waals surface area contributed by atoms with Crippen molar-refractivity contribution in [3.63, 3.8) is 0 Å². The number of hydrogen-bond acceptors (Lipinski definition) is 5. The van der Waals surface area contributed by atoms with Crippen LogP contribution in [0.1, 0.15) is 41.3 Å². The number of aromatic nitrogens is 1. The lowest BCUT2D eigenvalue weighted by molar-refractivity contribution is -0.0551. The van der Waals surface area contributed by atoms with Crippen LogP contribution in [0.15, 0.2) is 109 Å². The van der Waals surface area contributed by atoms with Crippen LogP contribution >= 0.6 is 0 Å². The van der Waals surface area contributed by atoms with Crippen molar-refractivity contribution in [2.45, 2.75) is 37.5 Å². The highest BCUT2D eigenvalue weighted by Crippen LogP contribution is 2.52. The molecule has 0 aliphatic carbocycles. The molecule has 4 aromatic rings. The molecule has 2 saturated heterocycles. The fraction of sp³-hybridized carbons (Fsp3) is 0.242. The van der Waals surface area contributed by atoms with E-state index in [0.29, 0.717) is 43.8 Å². The van der Waals surface area contributed by atoms with Gasteiger partial charge in [0.2, 0.25) is 0 Å². The van der Waals surface area contributed by atoms with E-state index in [0.717, 1.165) is 16.9 Å². The van der Waals surface area contributed by atoms with Crippen molar-refractivity contribution in [3.05, 3.63) is 126 Å². The number of para-hydroxylation sites is 1. The van der Waals surface area contributed by atoms with Crippen LogP contribution in [0.4, 0.5) is 4.79 Å². The molecule has 1 unspecified atom stereocenters. The molecule has 0 N–H and O–H groups in total. The maximum absolute atomic E-state index is 13.4. The van der Waals surface area contributed by atoms with Gasteiger partial charge in [-0.15, -0.1) is 0 Å². The molecule has 2 fully saturated rings. The van der Waals surface area contributed by atoms with Gasteiger partial charge in [0.15, 0.2) is 0 Å². The van der Waals surface area contributed by atoms with Crippen LogP contribution in [0.25, 0.3) is 0 Å². The zero-order valence-corrected chi connectivity index (χ0v) is 22.4. The van der Waals surface area contributed by atoms with Crippen molar-refractivity contribution < 1.29 is 19.1 Å². The van der Waals surface area contributed by atoms with Gasteiger partial charge in [0, 0.05) is 43.9 Å². The Kier molecular flexibility index (Phi) is 6.72. The summed E-state index contributed by atoms with van der Waals surface area (Å²) in [6.07, 6.45) is 4.23. The highest BCUT2D eigenvalue weighted by Gasteiger charge is 2.63. The van der Waals surface area contributed by atoms with Crippen LogP contribution in [0.2, 0.25) is 0 Å². The Morgan fingerprint density at radius 3 is 2.17 bits per heavy atom. The van der Waals surface area contributed by atoms with E-state index < -0.39 is 11.1 Å². The summed E-state index contributed by atoms with van der Waals surface area (Å²) in [6.45, 7) is 3.45. The minimum absolute atomic E-state index is 0.0425. The number of piperidine rings is 1. The summed E-state index contributed by atoms with van der Waals surface area (Å²) in [7, 11) is 0. The third kappa shape index (κ3) is 4.57. The molecule has 2 amide bonds. The molecule has 7 nitrogen and oxygen atoms in total. The number of hydrogen-bond donors (Lipinski definition) is 0. The molecule has 3 heterocycles. The molecule has 0 radical (unpaired) electrons. The van der Waals surface area contributed by atoms with Gasteiger partial charge >= 0.3 is 6.09 Å². The van der Waals surface area contributed by atoms with Crippen LogP contribution < -0.4 is 4.74 Å². The number of amides is 2. The van der Waals surface area contributed by atoms with Gasteiger partial charge in [0.25, 0.3) is 5.91 Å². The van der Waals surface area contributed by atoms with Crippen LogP contribution in [0.5, 0.6) is 11.5 Å². The SMILES string of the molecule is CC1(c2ccccc2)N(Cc2cccnc2)C(=O)OC12CCN(C(=O)c1ccc(Oc3ccccc3)cc1)CC2. The average Bonchev–Trinajstić information content (AvgIpc) is 3.20. The first kappa shape index (κ1) is 25.6. The summed E-state index contributed by atoms with van der Waals surface area (Å²) in [5, 5.41) is 0. The molecular formula is C33H31N3O4. The number of rotatable bonds is 6. The second-order valence-electron chi connectivity index (χ2n) is 10.5. The molecule has 0 saturated carbocycles. The normalized spacial score (nSPS) is 19.9. The third-order valence-corrected chi connectivity index (χ3v) is 8.27. The second kappa shape index (κ2) is 10.5. The summed E-state index contributed by atoms with van der Waals surface area (Å²) >= 11 is 0. The van der Waals surface area contributed by atoms with E-state index in [2.05, 4.69) is 24.0 Å². The monoisotopic (exact) mass is 533 g/mol. The van der Waals surface area contributed by atoms with Crippen LogP contribution in [0.3, 0.4) is 0 Å². The third-order valence-electron chi connectivity index (χ3n) is 8.27. The number of pyridine rings is 1. The first-order valence-corrected chi connectivity index (χ1v) is 13.6. The first-order chi connectivity index (χ1) is 19.5. The van der Waals surface area contributed by atoms with Crippen LogP contribution in [0, 0.1) is 0 Å². The smallest absolute Gasteiger partial charge is 0.411 e. The van der Waals surface area contributed by atoms with Crippen molar-refractivity contribution in [1.29, 1.82) is 0 Å². The molecule has 202 valence electrons. The molecule has 3 aromatic carbocycles. The van der Waals surface area contributed by atoms with Gasteiger partial charge in [0.05, 0.1) is 6.54 Å². The van der Waals surface area contributed by atoms with E-state index >= 15 is 0 Å². The molecule has 1 spiro atoms. The van der Waals surface area contributed by atoms with E-state index in [1.165, 1.54) is 0 Å².